The molecule has 0 saturated carbocycles. The van der Waals surface area contributed by atoms with Gasteiger partial charge in [0, 0.05) is 13.1 Å². The molecule has 8 heteroatoms. The standard InChI is InChI=1S/C19H17F3N2O3/c1-24(17(26)9-6-12-4-3-5-13(10-12)27-2)11-16(25)23-15-8-7-14(20)18(21)19(15)22/h3-10H,11H2,1-2H3,(H,23,25)/b9-6+. The number of hydrogen-bond acceptors (Lipinski definition) is 3. The number of nitrogens with one attached hydrogen (secondary N) is 1. The Morgan fingerprint density at radius 1 is 1.15 bits per heavy atom. The first-order valence-corrected chi connectivity index (χ1v) is 7.82. The third-order valence-corrected chi connectivity index (χ3v) is 3.58. The Labute approximate surface area is 154 Å². The molecular weight excluding hydrogens is 361 g/mol. The van der Waals surface area contributed by atoms with E-state index in [-0.39, 0.29) is 0 Å². The van der Waals surface area contributed by atoms with Gasteiger partial charge in [0.2, 0.25) is 11.8 Å². The molecule has 0 bridgehead atoms. The second kappa shape index (κ2) is 8.88. The van der Waals surface area contributed by atoms with Crippen LogP contribution in [0, 0.1) is 17.5 Å². The second-order valence-corrected chi connectivity index (χ2v) is 5.58. The van der Waals surface area contributed by atoms with Gasteiger partial charge in [-0.1, -0.05) is 12.1 Å². The first-order chi connectivity index (χ1) is 12.8. The van der Waals surface area contributed by atoms with E-state index in [1.165, 1.54) is 20.2 Å². The topological polar surface area (TPSA) is 58.6 Å². The largest absolute Gasteiger partial charge is 0.497 e. The molecule has 0 aliphatic carbocycles. The maximum Gasteiger partial charge on any atom is 0.246 e. The summed E-state index contributed by atoms with van der Waals surface area (Å²) in [5.41, 5.74) is 0.219. The summed E-state index contributed by atoms with van der Waals surface area (Å²) in [5, 5.41) is 2.10. The highest BCUT2D eigenvalue weighted by molar-refractivity contribution is 5.98. The molecule has 0 aliphatic heterocycles. The molecule has 0 unspecified atom stereocenters. The molecule has 0 spiro atoms. The molecule has 0 saturated heterocycles. The molecule has 0 aliphatic rings. The van der Waals surface area contributed by atoms with E-state index in [1.807, 2.05) is 0 Å². The lowest BCUT2D eigenvalue weighted by Crippen LogP contribution is -2.34. The van der Waals surface area contributed by atoms with Crippen molar-refractivity contribution in [3.63, 3.8) is 0 Å². The highest BCUT2D eigenvalue weighted by atomic mass is 19.2. The van der Waals surface area contributed by atoms with Crippen molar-refractivity contribution >= 4 is 23.6 Å². The number of amides is 2. The number of carbonyl (C=O) groups excluding carboxylic acids is 2. The Bertz CT molecular complexity index is 884. The zero-order valence-electron chi connectivity index (χ0n) is 14.6. The fraction of sp³-hybridized carbons (Fsp3) is 0.158. The van der Waals surface area contributed by atoms with E-state index >= 15 is 0 Å². The smallest absolute Gasteiger partial charge is 0.246 e. The molecule has 2 aromatic carbocycles. The van der Waals surface area contributed by atoms with Gasteiger partial charge in [0.05, 0.1) is 19.3 Å². The van der Waals surface area contributed by atoms with E-state index in [0.717, 1.165) is 16.5 Å². The minimum Gasteiger partial charge on any atom is -0.497 e. The monoisotopic (exact) mass is 378 g/mol. The maximum atomic E-state index is 13.6. The van der Waals surface area contributed by atoms with Crippen LogP contribution in [-0.2, 0) is 9.59 Å². The highest BCUT2D eigenvalue weighted by Gasteiger charge is 2.17. The summed E-state index contributed by atoms with van der Waals surface area (Å²) in [6.07, 6.45) is 2.81. The predicted octanol–water partition coefficient (Wildman–Crippen LogP) is 3.22. The zero-order chi connectivity index (χ0) is 20.0. The van der Waals surface area contributed by atoms with Gasteiger partial charge in [0.25, 0.3) is 0 Å². The van der Waals surface area contributed by atoms with Crippen LogP contribution in [0.5, 0.6) is 5.75 Å². The summed E-state index contributed by atoms with van der Waals surface area (Å²) in [6.45, 7) is -0.403. The van der Waals surface area contributed by atoms with E-state index in [1.54, 1.807) is 30.3 Å². The van der Waals surface area contributed by atoms with E-state index in [0.29, 0.717) is 11.8 Å². The molecule has 2 rings (SSSR count). The summed E-state index contributed by atoms with van der Waals surface area (Å²) in [7, 11) is 2.90. The van der Waals surface area contributed by atoms with Crippen molar-refractivity contribution in [3.05, 3.63) is 65.5 Å². The molecule has 0 heterocycles. The van der Waals surface area contributed by atoms with Crippen LogP contribution in [0.1, 0.15) is 5.56 Å². The minimum atomic E-state index is -1.68. The fourth-order valence-electron chi connectivity index (χ4n) is 2.15. The number of methoxy groups -OCH3 is 1. The summed E-state index contributed by atoms with van der Waals surface area (Å²) in [5.74, 6) is -5.15. The van der Waals surface area contributed by atoms with Gasteiger partial charge >= 0.3 is 0 Å². The van der Waals surface area contributed by atoms with E-state index in [2.05, 4.69) is 5.32 Å². The first-order valence-electron chi connectivity index (χ1n) is 7.82. The van der Waals surface area contributed by atoms with Crippen molar-refractivity contribution in [3.8, 4) is 5.75 Å². The van der Waals surface area contributed by atoms with E-state index < -0.39 is 41.5 Å². The number of anilines is 1. The molecule has 27 heavy (non-hydrogen) atoms. The van der Waals surface area contributed by atoms with Crippen LogP contribution in [0.4, 0.5) is 18.9 Å². The van der Waals surface area contributed by atoms with Crippen LogP contribution in [-0.4, -0.2) is 37.4 Å². The Hall–Kier alpha value is -3.29. The lowest BCUT2D eigenvalue weighted by Gasteiger charge is -2.15. The normalized spacial score (nSPS) is 10.7. The molecule has 142 valence electrons. The van der Waals surface area contributed by atoms with Crippen molar-refractivity contribution in [2.45, 2.75) is 0 Å². The Balaban J connectivity index is 1.96. The third kappa shape index (κ3) is 5.34. The number of likely N-dealkylation sites (N-methyl/N-ethyl adjacent to an activating group) is 1. The molecule has 0 aromatic heterocycles. The Morgan fingerprint density at radius 2 is 1.89 bits per heavy atom. The van der Waals surface area contributed by atoms with Gasteiger partial charge in [-0.3, -0.25) is 9.59 Å². The molecule has 2 amide bonds. The quantitative estimate of drug-likeness (QED) is 0.620. The van der Waals surface area contributed by atoms with Crippen molar-refractivity contribution in [1.29, 1.82) is 0 Å². The average molecular weight is 378 g/mol. The maximum absolute atomic E-state index is 13.6. The van der Waals surface area contributed by atoms with E-state index in [4.69, 9.17) is 4.74 Å². The zero-order valence-corrected chi connectivity index (χ0v) is 14.6. The van der Waals surface area contributed by atoms with Crippen LogP contribution in [0.15, 0.2) is 42.5 Å². The molecule has 0 atom stereocenters. The number of halogens is 3. The lowest BCUT2D eigenvalue weighted by atomic mass is 10.2. The number of carbonyl (C=O) groups is 2. The Morgan fingerprint density at radius 3 is 2.59 bits per heavy atom. The summed E-state index contributed by atoms with van der Waals surface area (Å²) < 4.78 is 44.7. The van der Waals surface area contributed by atoms with Crippen LogP contribution < -0.4 is 10.1 Å². The van der Waals surface area contributed by atoms with Crippen LogP contribution in [0.3, 0.4) is 0 Å². The number of hydrogen-bond donors (Lipinski definition) is 1. The predicted molar refractivity (Wildman–Crippen MR) is 94.6 cm³/mol. The molecule has 0 fully saturated rings. The molecule has 1 N–H and O–H groups in total. The van der Waals surface area contributed by atoms with Crippen molar-refractivity contribution in [2.24, 2.45) is 0 Å². The van der Waals surface area contributed by atoms with Gasteiger partial charge in [-0.25, -0.2) is 13.2 Å². The number of nitrogens with zero attached hydrogens (tertiary/aromatic N) is 1. The van der Waals surface area contributed by atoms with Crippen LogP contribution in [0.25, 0.3) is 6.08 Å². The molecule has 0 radical (unpaired) electrons. The lowest BCUT2D eigenvalue weighted by molar-refractivity contribution is -0.129. The van der Waals surface area contributed by atoms with Gasteiger partial charge < -0.3 is 15.0 Å². The van der Waals surface area contributed by atoms with Crippen LogP contribution >= 0.6 is 0 Å². The SMILES string of the molecule is COc1cccc(/C=C/C(=O)N(C)CC(=O)Nc2ccc(F)c(F)c2F)c1. The summed E-state index contributed by atoms with van der Waals surface area (Å²) in [6, 6.07) is 8.60. The fourth-order valence-corrected chi connectivity index (χ4v) is 2.15. The van der Waals surface area contributed by atoms with Gasteiger partial charge in [-0.15, -0.1) is 0 Å². The van der Waals surface area contributed by atoms with Gasteiger partial charge in [0.15, 0.2) is 17.5 Å². The van der Waals surface area contributed by atoms with Crippen molar-refractivity contribution in [1.82, 2.24) is 4.90 Å². The second-order valence-electron chi connectivity index (χ2n) is 5.58. The van der Waals surface area contributed by atoms with E-state index in [9.17, 15) is 22.8 Å². The summed E-state index contributed by atoms with van der Waals surface area (Å²) in [4.78, 5) is 25.1. The van der Waals surface area contributed by atoms with Gasteiger partial charge in [-0.05, 0) is 35.9 Å². The molecule has 2 aromatic rings. The molecular formula is C19H17F3N2O3. The number of benzene rings is 2. The summed E-state index contributed by atoms with van der Waals surface area (Å²) >= 11 is 0. The average Bonchev–Trinajstić information content (AvgIpc) is 2.66. The number of rotatable bonds is 6. The van der Waals surface area contributed by atoms with Gasteiger partial charge in [0.1, 0.15) is 5.75 Å². The van der Waals surface area contributed by atoms with Crippen molar-refractivity contribution < 1.29 is 27.5 Å². The minimum absolute atomic E-state index is 0.403. The third-order valence-electron chi connectivity index (χ3n) is 3.58. The van der Waals surface area contributed by atoms with Gasteiger partial charge in [-0.2, -0.15) is 0 Å². The van der Waals surface area contributed by atoms with Crippen LogP contribution in [0.2, 0.25) is 0 Å². The van der Waals surface area contributed by atoms with Crippen molar-refractivity contribution in [2.75, 3.05) is 26.0 Å². The molecule has 5 nitrogen and oxygen atoms in total. The number of ether oxygens (including phenoxy) is 1. The Kier molecular flexibility index (Phi) is 6.59. The highest BCUT2D eigenvalue weighted by Crippen LogP contribution is 2.19. The first kappa shape index (κ1) is 20.0.